The van der Waals surface area contributed by atoms with Crippen LogP contribution in [0.1, 0.15) is 31.1 Å². The third-order valence-corrected chi connectivity index (χ3v) is 3.62. The summed E-state index contributed by atoms with van der Waals surface area (Å²) in [6, 6.07) is 4.77. The van der Waals surface area contributed by atoms with Gasteiger partial charge in [-0.1, -0.05) is 11.6 Å². The molecule has 0 saturated carbocycles. The molecule has 0 saturated heterocycles. The van der Waals surface area contributed by atoms with E-state index >= 15 is 0 Å². The number of pyridine rings is 1. The van der Waals surface area contributed by atoms with E-state index in [1.54, 1.807) is 0 Å². The van der Waals surface area contributed by atoms with Crippen LogP contribution in [0.2, 0.25) is 5.02 Å². The molecule has 9 heteroatoms. The number of benzene rings is 1. The highest BCUT2D eigenvalue weighted by Crippen LogP contribution is 2.26. The van der Waals surface area contributed by atoms with Crippen molar-refractivity contribution in [1.29, 1.82) is 0 Å². The fraction of sp³-hybridized carbons (Fsp3) is 0. The Morgan fingerprint density at radius 2 is 1.87 bits per heavy atom. The first kappa shape index (κ1) is 14.8. The van der Waals surface area contributed by atoms with E-state index in [0.717, 1.165) is 16.7 Å². The van der Waals surface area contributed by atoms with Gasteiger partial charge in [0, 0.05) is 11.1 Å². The molecule has 1 aliphatic heterocycles. The molecule has 3 rings (SSSR count). The lowest BCUT2D eigenvalue weighted by molar-refractivity contribution is 0.0696. The predicted octanol–water partition coefficient (Wildman–Crippen LogP) is 0.655. The molecule has 116 valence electrons. The number of carbonyl (C=O) groups excluding carboxylic acids is 2. The molecule has 0 unspecified atom stereocenters. The molecule has 0 aliphatic carbocycles. The van der Waals surface area contributed by atoms with Crippen LogP contribution in [-0.2, 0) is 0 Å². The monoisotopic (exact) mass is 333 g/mol. The van der Waals surface area contributed by atoms with Crippen LogP contribution in [0.3, 0.4) is 0 Å². The largest absolute Gasteiger partial charge is 0.478 e. The molecule has 8 nitrogen and oxygen atoms in total. The number of anilines is 1. The highest BCUT2D eigenvalue weighted by atomic mass is 35.5. The lowest BCUT2D eigenvalue weighted by atomic mass is 10.1. The van der Waals surface area contributed by atoms with Gasteiger partial charge in [0.2, 0.25) is 0 Å². The van der Waals surface area contributed by atoms with Gasteiger partial charge in [0.25, 0.3) is 17.4 Å². The van der Waals surface area contributed by atoms with E-state index in [9.17, 15) is 24.3 Å². The van der Waals surface area contributed by atoms with Gasteiger partial charge in [-0.2, -0.15) is 0 Å². The molecule has 2 amide bonds. The minimum atomic E-state index is -1.32. The van der Waals surface area contributed by atoms with Crippen LogP contribution in [0.15, 0.2) is 29.1 Å². The predicted molar refractivity (Wildman–Crippen MR) is 80.2 cm³/mol. The summed E-state index contributed by atoms with van der Waals surface area (Å²) in [4.78, 5) is 47.1. The SMILES string of the molecule is Nc1c2c(cc(=O)n1-c1ccc(Cl)cc1C(=O)O)C(=O)NC2=O. The van der Waals surface area contributed by atoms with E-state index in [-0.39, 0.29) is 33.2 Å². The molecule has 0 radical (unpaired) electrons. The van der Waals surface area contributed by atoms with Crippen LogP contribution in [0, 0.1) is 0 Å². The minimum absolute atomic E-state index is 0.0562. The van der Waals surface area contributed by atoms with Gasteiger partial charge in [-0.3, -0.25) is 24.3 Å². The Morgan fingerprint density at radius 1 is 1.17 bits per heavy atom. The number of nitrogens with zero attached hydrogens (tertiary/aromatic N) is 1. The third kappa shape index (κ3) is 2.16. The van der Waals surface area contributed by atoms with Gasteiger partial charge in [-0.15, -0.1) is 0 Å². The smallest absolute Gasteiger partial charge is 0.337 e. The maximum Gasteiger partial charge on any atom is 0.337 e. The molecule has 1 aliphatic rings. The molecule has 23 heavy (non-hydrogen) atoms. The first-order chi connectivity index (χ1) is 10.8. The number of carboxylic acids is 1. The van der Waals surface area contributed by atoms with E-state index in [2.05, 4.69) is 0 Å². The van der Waals surface area contributed by atoms with Gasteiger partial charge in [-0.05, 0) is 18.2 Å². The molecule has 0 spiro atoms. The number of aromatic carboxylic acids is 1. The van der Waals surface area contributed by atoms with Crippen LogP contribution in [-0.4, -0.2) is 27.5 Å². The van der Waals surface area contributed by atoms with Crippen LogP contribution >= 0.6 is 11.6 Å². The summed E-state index contributed by atoms with van der Waals surface area (Å²) >= 11 is 5.77. The zero-order valence-corrected chi connectivity index (χ0v) is 12.0. The Labute approximate surface area is 133 Å². The summed E-state index contributed by atoms with van der Waals surface area (Å²) in [6.07, 6.45) is 0. The summed E-state index contributed by atoms with van der Waals surface area (Å²) in [5.74, 6) is -3.12. The second kappa shape index (κ2) is 4.96. The Balaban J connectivity index is 2.38. The maximum absolute atomic E-state index is 12.3. The second-order valence-electron chi connectivity index (χ2n) is 4.74. The molecule has 1 aromatic heterocycles. The maximum atomic E-state index is 12.3. The Bertz CT molecular complexity index is 964. The highest BCUT2D eigenvalue weighted by molar-refractivity contribution is 6.31. The van der Waals surface area contributed by atoms with Gasteiger partial charge in [-0.25, -0.2) is 4.79 Å². The van der Waals surface area contributed by atoms with Crippen molar-refractivity contribution < 1.29 is 19.5 Å². The van der Waals surface area contributed by atoms with E-state index in [1.165, 1.54) is 12.1 Å². The summed E-state index contributed by atoms with van der Waals surface area (Å²) in [6.45, 7) is 0. The summed E-state index contributed by atoms with van der Waals surface area (Å²) in [5.41, 5.74) is 4.48. The number of amides is 2. The van der Waals surface area contributed by atoms with Gasteiger partial charge < -0.3 is 10.8 Å². The average Bonchev–Trinajstić information content (AvgIpc) is 2.74. The highest BCUT2D eigenvalue weighted by Gasteiger charge is 2.32. The fourth-order valence-corrected chi connectivity index (χ4v) is 2.57. The zero-order chi connectivity index (χ0) is 16.9. The van der Waals surface area contributed by atoms with E-state index in [4.69, 9.17) is 17.3 Å². The van der Waals surface area contributed by atoms with Crippen molar-refractivity contribution in [3.8, 4) is 5.69 Å². The Hall–Kier alpha value is -3.13. The van der Waals surface area contributed by atoms with E-state index in [1.807, 2.05) is 5.32 Å². The average molecular weight is 334 g/mol. The topological polar surface area (TPSA) is 131 Å². The van der Waals surface area contributed by atoms with Gasteiger partial charge in [0.15, 0.2) is 0 Å². The molecule has 0 fully saturated rings. The fourth-order valence-electron chi connectivity index (χ4n) is 2.40. The molecule has 2 aromatic rings. The van der Waals surface area contributed by atoms with Crippen LogP contribution in [0.5, 0.6) is 0 Å². The van der Waals surface area contributed by atoms with E-state index in [0.29, 0.717) is 0 Å². The zero-order valence-electron chi connectivity index (χ0n) is 11.3. The first-order valence-electron chi connectivity index (χ1n) is 6.25. The summed E-state index contributed by atoms with van der Waals surface area (Å²) in [7, 11) is 0. The number of hydrogen-bond donors (Lipinski definition) is 3. The molecule has 4 N–H and O–H groups in total. The van der Waals surface area contributed by atoms with Gasteiger partial charge >= 0.3 is 5.97 Å². The lowest BCUT2D eigenvalue weighted by Gasteiger charge is -2.14. The third-order valence-electron chi connectivity index (χ3n) is 3.38. The van der Waals surface area contributed by atoms with Crippen LogP contribution in [0.4, 0.5) is 5.82 Å². The van der Waals surface area contributed by atoms with Crippen molar-refractivity contribution in [2.75, 3.05) is 5.73 Å². The van der Waals surface area contributed by atoms with Gasteiger partial charge in [0.1, 0.15) is 5.82 Å². The number of halogens is 1. The standard InChI is InChI=1S/C14H8ClN3O5/c15-5-1-2-8(6(3-5)14(22)23)18-9(19)4-7-10(11(18)16)13(21)17-12(7)20/h1-4H,16H2,(H,22,23)(H,17,20,21). The Morgan fingerprint density at radius 3 is 2.52 bits per heavy atom. The second-order valence-corrected chi connectivity index (χ2v) is 5.18. The number of nitrogen functional groups attached to an aromatic ring is 1. The lowest BCUT2D eigenvalue weighted by Crippen LogP contribution is -2.25. The van der Waals surface area contributed by atoms with Crippen molar-refractivity contribution >= 4 is 35.2 Å². The number of carbonyl (C=O) groups is 3. The van der Waals surface area contributed by atoms with Crippen molar-refractivity contribution in [2.45, 2.75) is 0 Å². The molecule has 1 aromatic carbocycles. The van der Waals surface area contributed by atoms with E-state index < -0.39 is 23.3 Å². The quantitative estimate of drug-likeness (QED) is 0.691. The molecule has 2 heterocycles. The first-order valence-corrected chi connectivity index (χ1v) is 6.63. The number of fused-ring (bicyclic) bond motifs is 1. The minimum Gasteiger partial charge on any atom is -0.478 e. The number of rotatable bonds is 2. The normalized spacial score (nSPS) is 12.9. The van der Waals surface area contributed by atoms with Crippen LogP contribution < -0.4 is 16.6 Å². The summed E-state index contributed by atoms with van der Waals surface area (Å²) in [5, 5.41) is 11.5. The number of nitrogens with one attached hydrogen (secondary N) is 1. The number of imide groups is 1. The molecule has 0 bridgehead atoms. The molecular formula is C14H8ClN3O5. The number of carboxylic acid groups (broad SMARTS) is 1. The number of aromatic nitrogens is 1. The van der Waals surface area contributed by atoms with Gasteiger partial charge in [0.05, 0.1) is 22.4 Å². The van der Waals surface area contributed by atoms with Crippen LogP contribution in [0.25, 0.3) is 5.69 Å². The van der Waals surface area contributed by atoms with Crippen molar-refractivity contribution in [3.63, 3.8) is 0 Å². The Kier molecular flexibility index (Phi) is 3.19. The number of nitrogens with two attached hydrogens (primary N) is 1. The van der Waals surface area contributed by atoms with Crippen molar-refractivity contribution in [1.82, 2.24) is 9.88 Å². The number of hydrogen-bond acceptors (Lipinski definition) is 5. The van der Waals surface area contributed by atoms with Crippen molar-refractivity contribution in [2.24, 2.45) is 0 Å². The summed E-state index contributed by atoms with van der Waals surface area (Å²) < 4.78 is 0.858. The molecular weight excluding hydrogens is 326 g/mol. The van der Waals surface area contributed by atoms with Crippen molar-refractivity contribution in [3.05, 3.63) is 56.3 Å². The molecule has 0 atom stereocenters.